The molecule has 2 nitrogen and oxygen atoms in total. The number of halogens is 1. The zero-order chi connectivity index (χ0) is 13.4. The number of hydrogen-bond donors (Lipinski definition) is 1. The second kappa shape index (κ2) is 4.87. The number of thiophene rings is 1. The van der Waals surface area contributed by atoms with Crippen LogP contribution in [0.15, 0.2) is 46.3 Å². The molecule has 0 aliphatic carbocycles. The van der Waals surface area contributed by atoms with Crippen molar-refractivity contribution in [1.29, 1.82) is 0 Å². The Bertz CT molecular complexity index is 751. The highest BCUT2D eigenvalue weighted by atomic mass is 79.9. The Balaban J connectivity index is 2.22. The van der Waals surface area contributed by atoms with Crippen LogP contribution in [0, 0.1) is 0 Å². The molecule has 0 bridgehead atoms. The van der Waals surface area contributed by atoms with Gasteiger partial charge in [-0.3, -0.25) is 0 Å². The Kier molecular flexibility index (Phi) is 3.21. The van der Waals surface area contributed by atoms with Crippen LogP contribution < -0.4 is 10.5 Å². The zero-order valence-corrected chi connectivity index (χ0v) is 12.7. The lowest BCUT2D eigenvalue weighted by atomic mass is 10.0. The highest BCUT2D eigenvalue weighted by Gasteiger charge is 2.11. The molecular weight excluding hydrogens is 322 g/mol. The fourth-order valence-electron chi connectivity index (χ4n) is 2.14. The Morgan fingerprint density at radius 3 is 2.74 bits per heavy atom. The molecule has 3 rings (SSSR count). The minimum atomic E-state index is 0.735. The summed E-state index contributed by atoms with van der Waals surface area (Å²) >= 11 is 5.30. The van der Waals surface area contributed by atoms with E-state index in [9.17, 15) is 0 Å². The number of methoxy groups -OCH3 is 1. The Labute approximate surface area is 123 Å². The van der Waals surface area contributed by atoms with Crippen LogP contribution in [0.5, 0.6) is 5.75 Å². The molecule has 0 amide bonds. The molecule has 0 fully saturated rings. The van der Waals surface area contributed by atoms with Crippen LogP contribution in [0.25, 0.3) is 21.2 Å². The highest BCUT2D eigenvalue weighted by Crippen LogP contribution is 2.40. The number of nitrogen functional groups attached to an aromatic ring is 1. The molecule has 0 aliphatic rings. The molecule has 0 saturated carbocycles. The van der Waals surface area contributed by atoms with E-state index in [1.807, 2.05) is 24.3 Å². The average Bonchev–Trinajstić information content (AvgIpc) is 2.84. The van der Waals surface area contributed by atoms with Crippen LogP contribution in [0.2, 0.25) is 0 Å². The van der Waals surface area contributed by atoms with Crippen molar-refractivity contribution in [2.24, 2.45) is 0 Å². The number of nitrogens with two attached hydrogens (primary N) is 1. The van der Waals surface area contributed by atoms with Gasteiger partial charge in [-0.05, 0) is 39.5 Å². The number of rotatable bonds is 2. The molecule has 0 radical (unpaired) electrons. The van der Waals surface area contributed by atoms with Gasteiger partial charge in [-0.2, -0.15) is 0 Å². The summed E-state index contributed by atoms with van der Waals surface area (Å²) in [4.78, 5) is 0. The van der Waals surface area contributed by atoms with Crippen molar-refractivity contribution in [3.05, 3.63) is 46.3 Å². The molecule has 2 aromatic carbocycles. The SMILES string of the molecule is COc1ccc(-c2csc3c(Br)cccc23)c(N)c1. The first-order valence-corrected chi connectivity index (χ1v) is 7.47. The maximum absolute atomic E-state index is 6.13. The van der Waals surface area contributed by atoms with Gasteiger partial charge in [-0.25, -0.2) is 0 Å². The third kappa shape index (κ3) is 2.11. The molecule has 0 saturated heterocycles. The fraction of sp³-hybridized carbons (Fsp3) is 0.0667. The van der Waals surface area contributed by atoms with Crippen LogP contribution in [0.3, 0.4) is 0 Å². The summed E-state index contributed by atoms with van der Waals surface area (Å²) in [5.74, 6) is 0.780. The maximum Gasteiger partial charge on any atom is 0.120 e. The van der Waals surface area contributed by atoms with Gasteiger partial charge in [0.15, 0.2) is 0 Å². The van der Waals surface area contributed by atoms with Crippen molar-refractivity contribution < 1.29 is 4.74 Å². The summed E-state index contributed by atoms with van der Waals surface area (Å²) in [5, 5.41) is 3.37. The molecule has 19 heavy (non-hydrogen) atoms. The van der Waals surface area contributed by atoms with Crippen molar-refractivity contribution >= 4 is 43.0 Å². The van der Waals surface area contributed by atoms with E-state index in [1.165, 1.54) is 15.6 Å². The lowest BCUT2D eigenvalue weighted by Gasteiger charge is -2.07. The first-order chi connectivity index (χ1) is 9.20. The van der Waals surface area contributed by atoms with Gasteiger partial charge in [0.05, 0.1) is 7.11 Å². The van der Waals surface area contributed by atoms with Gasteiger partial charge >= 0.3 is 0 Å². The molecule has 1 heterocycles. The van der Waals surface area contributed by atoms with E-state index in [4.69, 9.17) is 10.5 Å². The largest absolute Gasteiger partial charge is 0.497 e. The standard InChI is InChI=1S/C15H12BrNOS/c1-18-9-5-6-10(14(17)7-9)12-8-19-15-11(12)3-2-4-13(15)16/h2-8H,17H2,1H3. The Hall–Kier alpha value is -1.52. The van der Waals surface area contributed by atoms with Gasteiger partial charge in [0.1, 0.15) is 5.75 Å². The molecule has 2 N–H and O–H groups in total. The number of fused-ring (bicyclic) bond motifs is 1. The van der Waals surface area contributed by atoms with Gasteiger partial charge in [-0.15, -0.1) is 11.3 Å². The van der Waals surface area contributed by atoms with Gasteiger partial charge in [-0.1, -0.05) is 12.1 Å². The van der Waals surface area contributed by atoms with Crippen LogP contribution in [-0.4, -0.2) is 7.11 Å². The highest BCUT2D eigenvalue weighted by molar-refractivity contribution is 9.10. The molecule has 1 aromatic heterocycles. The zero-order valence-electron chi connectivity index (χ0n) is 10.3. The predicted molar refractivity (Wildman–Crippen MR) is 85.9 cm³/mol. The first-order valence-electron chi connectivity index (χ1n) is 5.80. The molecule has 3 aromatic rings. The van der Waals surface area contributed by atoms with E-state index in [-0.39, 0.29) is 0 Å². The van der Waals surface area contributed by atoms with E-state index in [0.717, 1.165) is 21.5 Å². The van der Waals surface area contributed by atoms with Gasteiger partial charge in [0.2, 0.25) is 0 Å². The lowest BCUT2D eigenvalue weighted by molar-refractivity contribution is 0.415. The van der Waals surface area contributed by atoms with E-state index >= 15 is 0 Å². The lowest BCUT2D eigenvalue weighted by Crippen LogP contribution is -1.91. The summed E-state index contributed by atoms with van der Waals surface area (Å²) < 4.78 is 7.55. The normalized spacial score (nSPS) is 10.8. The molecule has 96 valence electrons. The van der Waals surface area contributed by atoms with E-state index < -0.39 is 0 Å². The maximum atomic E-state index is 6.13. The van der Waals surface area contributed by atoms with Crippen molar-refractivity contribution in [2.45, 2.75) is 0 Å². The topological polar surface area (TPSA) is 35.2 Å². The van der Waals surface area contributed by atoms with E-state index in [2.05, 4.69) is 33.4 Å². The molecule has 0 aliphatic heterocycles. The van der Waals surface area contributed by atoms with Crippen molar-refractivity contribution in [2.75, 3.05) is 12.8 Å². The first kappa shape index (κ1) is 12.5. The Morgan fingerprint density at radius 2 is 2.00 bits per heavy atom. The average molecular weight is 334 g/mol. The summed E-state index contributed by atoms with van der Waals surface area (Å²) in [5.41, 5.74) is 9.08. The predicted octanol–water partition coefficient (Wildman–Crippen LogP) is 4.92. The summed E-state index contributed by atoms with van der Waals surface area (Å²) in [6.07, 6.45) is 0. The third-order valence-electron chi connectivity index (χ3n) is 3.10. The Morgan fingerprint density at radius 1 is 1.16 bits per heavy atom. The number of ether oxygens (including phenoxy) is 1. The molecule has 0 unspecified atom stereocenters. The van der Waals surface area contributed by atoms with Gasteiger partial charge < -0.3 is 10.5 Å². The summed E-state index contributed by atoms with van der Waals surface area (Å²) in [6.45, 7) is 0. The fourth-order valence-corrected chi connectivity index (χ4v) is 3.77. The van der Waals surface area contributed by atoms with Crippen LogP contribution in [-0.2, 0) is 0 Å². The van der Waals surface area contributed by atoms with Gasteiger partial charge in [0.25, 0.3) is 0 Å². The van der Waals surface area contributed by atoms with Crippen molar-refractivity contribution in [3.63, 3.8) is 0 Å². The van der Waals surface area contributed by atoms with Crippen LogP contribution in [0.1, 0.15) is 0 Å². The van der Waals surface area contributed by atoms with Gasteiger partial charge in [0, 0.05) is 37.4 Å². The third-order valence-corrected chi connectivity index (χ3v) is 5.05. The van der Waals surface area contributed by atoms with Crippen LogP contribution in [0.4, 0.5) is 5.69 Å². The van der Waals surface area contributed by atoms with E-state index in [0.29, 0.717) is 0 Å². The number of benzene rings is 2. The summed E-state index contributed by atoms with van der Waals surface area (Å²) in [6, 6.07) is 12.0. The number of hydrogen-bond acceptors (Lipinski definition) is 3. The molecule has 4 heteroatoms. The van der Waals surface area contributed by atoms with Crippen LogP contribution >= 0.6 is 27.3 Å². The number of anilines is 1. The second-order valence-electron chi connectivity index (χ2n) is 4.22. The monoisotopic (exact) mass is 333 g/mol. The van der Waals surface area contributed by atoms with E-state index in [1.54, 1.807) is 18.4 Å². The van der Waals surface area contributed by atoms with Crippen molar-refractivity contribution in [1.82, 2.24) is 0 Å². The summed E-state index contributed by atoms with van der Waals surface area (Å²) in [7, 11) is 1.64. The van der Waals surface area contributed by atoms with Crippen molar-refractivity contribution in [3.8, 4) is 16.9 Å². The minimum absolute atomic E-state index is 0.735. The second-order valence-corrected chi connectivity index (χ2v) is 5.95. The molecule has 0 atom stereocenters. The smallest absolute Gasteiger partial charge is 0.120 e. The molecular formula is C15H12BrNOS. The quantitative estimate of drug-likeness (QED) is 0.675. The molecule has 0 spiro atoms. The minimum Gasteiger partial charge on any atom is -0.497 e.